The van der Waals surface area contributed by atoms with Crippen LogP contribution in [0.25, 0.3) is 0 Å². The Kier molecular flexibility index (Phi) is 2.74. The number of amides is 1. The van der Waals surface area contributed by atoms with E-state index in [-0.39, 0.29) is 11.9 Å². The van der Waals surface area contributed by atoms with Crippen molar-refractivity contribution in [1.29, 1.82) is 0 Å². The highest BCUT2D eigenvalue weighted by Crippen LogP contribution is 2.38. The molecule has 1 fully saturated rings. The zero-order chi connectivity index (χ0) is 12.7. The van der Waals surface area contributed by atoms with E-state index in [0.29, 0.717) is 0 Å². The lowest BCUT2D eigenvalue weighted by Gasteiger charge is -2.45. The van der Waals surface area contributed by atoms with E-state index in [0.717, 1.165) is 31.9 Å². The number of carbonyl (C=O) groups is 1. The highest BCUT2D eigenvalue weighted by atomic mass is 16.2. The van der Waals surface area contributed by atoms with Crippen LogP contribution in [0, 0.1) is 6.92 Å². The summed E-state index contributed by atoms with van der Waals surface area (Å²) in [7, 11) is 0. The predicted octanol–water partition coefficient (Wildman–Crippen LogP) is 1.14. The molecular formula is C14H19N3O. The fraction of sp³-hybridized carbons (Fsp3) is 0.500. The van der Waals surface area contributed by atoms with Crippen LogP contribution in [0.3, 0.4) is 0 Å². The maximum atomic E-state index is 12.6. The summed E-state index contributed by atoms with van der Waals surface area (Å²) in [5.74, 6) is 0.228. The first-order valence-electron chi connectivity index (χ1n) is 6.62. The number of nitrogens with one attached hydrogen (secondary N) is 1. The smallest absolute Gasteiger partial charge is 0.251 e. The number of piperazine rings is 1. The van der Waals surface area contributed by atoms with E-state index in [4.69, 9.17) is 0 Å². The van der Waals surface area contributed by atoms with Crippen molar-refractivity contribution >= 4 is 17.3 Å². The largest absolute Gasteiger partial charge is 0.355 e. The molecule has 1 amide bonds. The summed E-state index contributed by atoms with van der Waals surface area (Å²) in [5.41, 5.74) is 3.49. The first-order valence-corrected chi connectivity index (χ1v) is 6.62. The highest BCUT2D eigenvalue weighted by Gasteiger charge is 2.39. The van der Waals surface area contributed by atoms with Gasteiger partial charge in [0, 0.05) is 26.2 Å². The average molecular weight is 245 g/mol. The minimum atomic E-state index is -0.0343. The van der Waals surface area contributed by atoms with Crippen LogP contribution in [0.15, 0.2) is 18.2 Å². The monoisotopic (exact) mass is 245 g/mol. The highest BCUT2D eigenvalue weighted by molar-refractivity contribution is 6.06. The lowest BCUT2D eigenvalue weighted by molar-refractivity contribution is -0.120. The molecule has 0 radical (unpaired) electrons. The molecule has 0 spiro atoms. The van der Waals surface area contributed by atoms with Gasteiger partial charge >= 0.3 is 0 Å². The van der Waals surface area contributed by atoms with Gasteiger partial charge in [-0.3, -0.25) is 4.79 Å². The van der Waals surface area contributed by atoms with Crippen LogP contribution in [0.4, 0.5) is 11.4 Å². The lowest BCUT2D eigenvalue weighted by atomic mass is 10.0. The minimum absolute atomic E-state index is 0.0343. The van der Waals surface area contributed by atoms with Gasteiger partial charge in [-0.1, -0.05) is 12.1 Å². The van der Waals surface area contributed by atoms with E-state index in [1.165, 1.54) is 11.3 Å². The molecular weight excluding hydrogens is 226 g/mol. The summed E-state index contributed by atoms with van der Waals surface area (Å²) < 4.78 is 0. The molecule has 0 saturated carbocycles. The number of para-hydroxylation sites is 1. The molecule has 4 nitrogen and oxygen atoms in total. The molecule has 1 atom stereocenters. The van der Waals surface area contributed by atoms with Gasteiger partial charge in [0.25, 0.3) is 5.91 Å². The van der Waals surface area contributed by atoms with E-state index in [1.807, 2.05) is 11.8 Å². The normalized spacial score (nSPS) is 22.8. The number of aryl methyl sites for hydroxylation is 1. The van der Waals surface area contributed by atoms with Gasteiger partial charge in [-0.2, -0.15) is 0 Å². The SMILES string of the molecule is CCN1C(=O)C2CNCCN2c2cccc(C)c21. The number of benzene rings is 1. The Hall–Kier alpha value is -1.55. The Morgan fingerprint density at radius 1 is 1.44 bits per heavy atom. The fourth-order valence-electron chi connectivity index (χ4n) is 3.04. The first-order chi connectivity index (χ1) is 8.74. The number of hydrogen-bond acceptors (Lipinski definition) is 3. The third-order valence-corrected chi connectivity index (χ3v) is 3.91. The average Bonchev–Trinajstić information content (AvgIpc) is 2.40. The Labute approximate surface area is 108 Å². The van der Waals surface area contributed by atoms with Gasteiger partial charge < -0.3 is 15.1 Å². The number of carbonyl (C=O) groups excluding carboxylic acids is 1. The maximum Gasteiger partial charge on any atom is 0.251 e. The molecule has 1 aromatic rings. The number of likely N-dealkylation sites (N-methyl/N-ethyl adjacent to an activating group) is 1. The summed E-state index contributed by atoms with van der Waals surface area (Å²) in [4.78, 5) is 16.7. The van der Waals surface area contributed by atoms with Gasteiger partial charge in [0.1, 0.15) is 6.04 Å². The number of rotatable bonds is 1. The molecule has 1 saturated heterocycles. The van der Waals surface area contributed by atoms with Gasteiger partial charge in [-0.15, -0.1) is 0 Å². The van der Waals surface area contributed by atoms with Crippen molar-refractivity contribution in [3.05, 3.63) is 23.8 Å². The van der Waals surface area contributed by atoms with Crippen LogP contribution in [0.2, 0.25) is 0 Å². The molecule has 0 bridgehead atoms. The molecule has 3 rings (SSSR count). The molecule has 1 unspecified atom stereocenters. The summed E-state index contributed by atoms with van der Waals surface area (Å²) in [5, 5.41) is 3.32. The fourth-order valence-corrected chi connectivity index (χ4v) is 3.04. The van der Waals surface area contributed by atoms with Gasteiger partial charge in [0.05, 0.1) is 11.4 Å². The number of hydrogen-bond donors (Lipinski definition) is 1. The molecule has 2 heterocycles. The van der Waals surface area contributed by atoms with Crippen molar-refractivity contribution in [2.24, 2.45) is 0 Å². The van der Waals surface area contributed by atoms with E-state index in [1.54, 1.807) is 0 Å². The summed E-state index contributed by atoms with van der Waals surface area (Å²) in [6.45, 7) is 7.47. The zero-order valence-electron chi connectivity index (χ0n) is 10.9. The number of nitrogens with zero attached hydrogens (tertiary/aromatic N) is 2. The molecule has 0 aliphatic carbocycles. The van der Waals surface area contributed by atoms with Crippen molar-refractivity contribution in [1.82, 2.24) is 5.32 Å². The Bertz CT molecular complexity index is 486. The second-order valence-electron chi connectivity index (χ2n) is 4.94. The Morgan fingerprint density at radius 3 is 3.06 bits per heavy atom. The van der Waals surface area contributed by atoms with Crippen molar-refractivity contribution < 1.29 is 4.79 Å². The molecule has 4 heteroatoms. The molecule has 2 aliphatic heterocycles. The van der Waals surface area contributed by atoms with Crippen LogP contribution < -0.4 is 15.1 Å². The Morgan fingerprint density at radius 2 is 2.28 bits per heavy atom. The van der Waals surface area contributed by atoms with Crippen LogP contribution in [-0.4, -0.2) is 38.1 Å². The van der Waals surface area contributed by atoms with Crippen molar-refractivity contribution in [3.63, 3.8) is 0 Å². The van der Waals surface area contributed by atoms with Crippen LogP contribution in [0.1, 0.15) is 12.5 Å². The lowest BCUT2D eigenvalue weighted by Crippen LogP contribution is -2.62. The van der Waals surface area contributed by atoms with Crippen LogP contribution >= 0.6 is 0 Å². The van der Waals surface area contributed by atoms with Crippen molar-refractivity contribution in [2.75, 3.05) is 36.0 Å². The molecule has 2 aliphatic rings. The molecule has 18 heavy (non-hydrogen) atoms. The first kappa shape index (κ1) is 11.5. The Balaban J connectivity index is 2.15. The standard InChI is InChI=1S/C14H19N3O/c1-3-16-13-10(2)5-4-6-11(13)17-8-7-15-9-12(17)14(16)18/h4-6,12,15H,3,7-9H2,1-2H3. The van der Waals surface area contributed by atoms with Crippen LogP contribution in [0.5, 0.6) is 0 Å². The van der Waals surface area contributed by atoms with E-state index >= 15 is 0 Å². The second-order valence-corrected chi connectivity index (χ2v) is 4.94. The topological polar surface area (TPSA) is 35.6 Å². The molecule has 96 valence electrons. The minimum Gasteiger partial charge on any atom is -0.355 e. The van der Waals surface area contributed by atoms with Gasteiger partial charge in [-0.05, 0) is 25.5 Å². The molecule has 1 aromatic carbocycles. The van der Waals surface area contributed by atoms with Crippen molar-refractivity contribution in [3.8, 4) is 0 Å². The second kappa shape index (κ2) is 4.28. The zero-order valence-corrected chi connectivity index (χ0v) is 10.9. The van der Waals surface area contributed by atoms with Gasteiger partial charge in [-0.25, -0.2) is 0 Å². The van der Waals surface area contributed by atoms with E-state index < -0.39 is 0 Å². The van der Waals surface area contributed by atoms with Crippen molar-refractivity contribution in [2.45, 2.75) is 19.9 Å². The summed E-state index contributed by atoms with van der Waals surface area (Å²) in [6, 6.07) is 6.26. The van der Waals surface area contributed by atoms with E-state index in [9.17, 15) is 4.79 Å². The van der Waals surface area contributed by atoms with Gasteiger partial charge in [0.15, 0.2) is 0 Å². The third kappa shape index (κ3) is 1.52. The number of fused-ring (bicyclic) bond motifs is 3. The number of anilines is 2. The van der Waals surface area contributed by atoms with E-state index in [2.05, 4.69) is 35.3 Å². The summed E-state index contributed by atoms with van der Waals surface area (Å²) >= 11 is 0. The van der Waals surface area contributed by atoms with Gasteiger partial charge in [0.2, 0.25) is 0 Å². The quantitative estimate of drug-likeness (QED) is 0.806. The maximum absolute atomic E-state index is 12.6. The predicted molar refractivity (Wildman–Crippen MR) is 73.2 cm³/mol. The molecule has 1 N–H and O–H groups in total. The van der Waals surface area contributed by atoms with Crippen LogP contribution in [-0.2, 0) is 4.79 Å². The molecule has 0 aromatic heterocycles. The summed E-state index contributed by atoms with van der Waals surface area (Å²) in [6.07, 6.45) is 0. The third-order valence-electron chi connectivity index (χ3n) is 3.91.